The van der Waals surface area contributed by atoms with Gasteiger partial charge in [0.15, 0.2) is 0 Å². The molecule has 0 spiro atoms. The van der Waals surface area contributed by atoms with E-state index in [1.54, 1.807) is 0 Å². The third-order valence-corrected chi connectivity index (χ3v) is 3.43. The number of para-hydroxylation sites is 1. The van der Waals surface area contributed by atoms with Gasteiger partial charge in [-0.3, -0.25) is 4.68 Å². The molecule has 0 bridgehead atoms. The maximum Gasteiger partial charge on any atom is 0.0548 e. The number of nitrogens with one attached hydrogen (secondary N) is 1. The molecule has 1 aliphatic rings. The van der Waals surface area contributed by atoms with E-state index in [1.165, 1.54) is 16.8 Å². The first-order valence-electron chi connectivity index (χ1n) is 6.23. The van der Waals surface area contributed by atoms with Gasteiger partial charge in [0.2, 0.25) is 0 Å². The van der Waals surface area contributed by atoms with Crippen LogP contribution in [-0.2, 0) is 13.0 Å². The zero-order chi connectivity index (χ0) is 11.7. The molecule has 3 nitrogen and oxygen atoms in total. The first-order chi connectivity index (χ1) is 8.36. The van der Waals surface area contributed by atoms with Crippen molar-refractivity contribution < 1.29 is 0 Å². The van der Waals surface area contributed by atoms with E-state index in [2.05, 4.69) is 47.8 Å². The lowest BCUT2D eigenvalue weighted by atomic mass is 9.95. The molecule has 0 amide bonds. The third-order valence-electron chi connectivity index (χ3n) is 3.43. The molecule has 0 saturated heterocycles. The van der Waals surface area contributed by atoms with Crippen LogP contribution >= 0.6 is 0 Å². The van der Waals surface area contributed by atoms with Gasteiger partial charge in [0.25, 0.3) is 0 Å². The zero-order valence-electron chi connectivity index (χ0n) is 10.1. The number of hydrogen-bond acceptors (Lipinski definition) is 2. The van der Waals surface area contributed by atoms with Gasteiger partial charge in [0.1, 0.15) is 0 Å². The summed E-state index contributed by atoms with van der Waals surface area (Å²) in [4.78, 5) is 0. The Morgan fingerprint density at radius 3 is 3.12 bits per heavy atom. The van der Waals surface area contributed by atoms with Crippen LogP contribution in [0.1, 0.15) is 30.5 Å². The predicted octanol–water partition coefficient (Wildman–Crippen LogP) is 3.00. The maximum atomic E-state index is 4.34. The first kappa shape index (κ1) is 10.4. The van der Waals surface area contributed by atoms with E-state index in [0.29, 0.717) is 6.04 Å². The molecule has 3 heteroatoms. The molecule has 2 aromatic rings. The van der Waals surface area contributed by atoms with Crippen LogP contribution in [0.3, 0.4) is 0 Å². The number of aromatic nitrogens is 2. The van der Waals surface area contributed by atoms with Crippen LogP contribution in [0.15, 0.2) is 36.7 Å². The summed E-state index contributed by atoms with van der Waals surface area (Å²) in [7, 11) is 0. The lowest BCUT2D eigenvalue weighted by Crippen LogP contribution is -2.17. The van der Waals surface area contributed by atoms with Gasteiger partial charge in [0, 0.05) is 24.0 Å². The summed E-state index contributed by atoms with van der Waals surface area (Å²) in [5.41, 5.74) is 3.99. The standard InChI is InChI=1S/C14H17N3/c1-2-17-10-12(9-15-17)14-8-7-11-5-3-4-6-13(11)16-14/h3-6,9-10,14,16H,2,7-8H2,1H3. The molecule has 0 aliphatic carbocycles. The SMILES string of the molecule is CCn1cc(C2CCc3ccccc3N2)cn1. The highest BCUT2D eigenvalue weighted by Crippen LogP contribution is 2.31. The topological polar surface area (TPSA) is 29.9 Å². The normalized spacial score (nSPS) is 18.5. The van der Waals surface area contributed by atoms with Gasteiger partial charge in [0.05, 0.1) is 12.2 Å². The van der Waals surface area contributed by atoms with Crippen molar-refractivity contribution in [2.45, 2.75) is 32.4 Å². The Hall–Kier alpha value is -1.77. The number of fused-ring (bicyclic) bond motifs is 1. The molecule has 1 atom stereocenters. The summed E-state index contributed by atoms with van der Waals surface area (Å²) in [6, 6.07) is 8.96. The number of benzene rings is 1. The number of nitrogens with zero attached hydrogens (tertiary/aromatic N) is 2. The Labute approximate surface area is 101 Å². The summed E-state index contributed by atoms with van der Waals surface area (Å²) < 4.78 is 1.98. The molecule has 2 heterocycles. The lowest BCUT2D eigenvalue weighted by Gasteiger charge is -2.26. The maximum absolute atomic E-state index is 4.34. The summed E-state index contributed by atoms with van der Waals surface area (Å²) in [5.74, 6) is 0. The fourth-order valence-corrected chi connectivity index (χ4v) is 2.42. The molecule has 3 rings (SSSR count). The minimum Gasteiger partial charge on any atom is -0.378 e. The summed E-state index contributed by atoms with van der Waals surface area (Å²) in [5, 5.41) is 7.94. The Morgan fingerprint density at radius 2 is 2.29 bits per heavy atom. The number of hydrogen-bond donors (Lipinski definition) is 1. The van der Waals surface area contributed by atoms with Crippen LogP contribution in [0.4, 0.5) is 5.69 Å². The van der Waals surface area contributed by atoms with E-state index in [0.717, 1.165) is 19.4 Å². The molecule has 1 aromatic carbocycles. The average molecular weight is 227 g/mol. The average Bonchev–Trinajstić information content (AvgIpc) is 2.87. The van der Waals surface area contributed by atoms with Crippen molar-refractivity contribution in [2.24, 2.45) is 0 Å². The van der Waals surface area contributed by atoms with Crippen molar-refractivity contribution in [2.75, 3.05) is 5.32 Å². The van der Waals surface area contributed by atoms with Crippen molar-refractivity contribution in [1.29, 1.82) is 0 Å². The summed E-state index contributed by atoms with van der Waals surface area (Å²) in [6.45, 7) is 3.05. The molecule has 1 N–H and O–H groups in total. The molecule has 0 radical (unpaired) electrons. The molecule has 1 aromatic heterocycles. The summed E-state index contributed by atoms with van der Waals surface area (Å²) in [6.07, 6.45) is 6.41. The molecule has 1 unspecified atom stereocenters. The Kier molecular flexibility index (Phi) is 2.59. The van der Waals surface area contributed by atoms with Gasteiger partial charge in [-0.1, -0.05) is 18.2 Å². The van der Waals surface area contributed by atoms with Gasteiger partial charge in [-0.25, -0.2) is 0 Å². The lowest BCUT2D eigenvalue weighted by molar-refractivity contribution is 0.649. The van der Waals surface area contributed by atoms with Gasteiger partial charge in [-0.2, -0.15) is 5.10 Å². The molecular formula is C14H17N3. The van der Waals surface area contributed by atoms with Crippen LogP contribution < -0.4 is 5.32 Å². The highest BCUT2D eigenvalue weighted by Gasteiger charge is 2.19. The number of anilines is 1. The van der Waals surface area contributed by atoms with E-state index in [4.69, 9.17) is 0 Å². The van der Waals surface area contributed by atoms with Crippen LogP contribution in [-0.4, -0.2) is 9.78 Å². The molecule has 17 heavy (non-hydrogen) atoms. The van der Waals surface area contributed by atoms with Gasteiger partial charge < -0.3 is 5.32 Å². The molecule has 1 aliphatic heterocycles. The molecule has 88 valence electrons. The van der Waals surface area contributed by atoms with E-state index in [-0.39, 0.29) is 0 Å². The highest BCUT2D eigenvalue weighted by molar-refractivity contribution is 5.54. The van der Waals surface area contributed by atoms with Crippen LogP contribution in [0.5, 0.6) is 0 Å². The largest absolute Gasteiger partial charge is 0.378 e. The van der Waals surface area contributed by atoms with Gasteiger partial charge in [-0.05, 0) is 31.4 Å². The van der Waals surface area contributed by atoms with Crippen molar-refractivity contribution in [3.05, 3.63) is 47.8 Å². The molecule has 0 saturated carbocycles. The first-order valence-corrected chi connectivity index (χ1v) is 6.23. The van der Waals surface area contributed by atoms with E-state index < -0.39 is 0 Å². The third kappa shape index (κ3) is 1.93. The highest BCUT2D eigenvalue weighted by atomic mass is 15.3. The van der Waals surface area contributed by atoms with Crippen molar-refractivity contribution in [3.8, 4) is 0 Å². The van der Waals surface area contributed by atoms with Crippen LogP contribution in [0, 0.1) is 0 Å². The Morgan fingerprint density at radius 1 is 1.41 bits per heavy atom. The minimum atomic E-state index is 0.408. The van der Waals surface area contributed by atoms with Crippen LogP contribution in [0.25, 0.3) is 0 Å². The zero-order valence-corrected chi connectivity index (χ0v) is 10.1. The quantitative estimate of drug-likeness (QED) is 0.854. The minimum absolute atomic E-state index is 0.408. The van der Waals surface area contributed by atoms with Crippen LogP contribution in [0.2, 0.25) is 0 Å². The molecule has 0 fully saturated rings. The predicted molar refractivity (Wildman–Crippen MR) is 69.0 cm³/mol. The number of aryl methyl sites for hydroxylation is 2. The Bertz CT molecular complexity index is 516. The second kappa shape index (κ2) is 4.24. The number of rotatable bonds is 2. The van der Waals surface area contributed by atoms with E-state index >= 15 is 0 Å². The van der Waals surface area contributed by atoms with E-state index in [1.807, 2.05) is 10.9 Å². The fourth-order valence-electron chi connectivity index (χ4n) is 2.42. The van der Waals surface area contributed by atoms with Gasteiger partial charge in [-0.15, -0.1) is 0 Å². The smallest absolute Gasteiger partial charge is 0.0548 e. The fraction of sp³-hybridized carbons (Fsp3) is 0.357. The van der Waals surface area contributed by atoms with Crippen molar-refractivity contribution in [3.63, 3.8) is 0 Å². The second-order valence-electron chi connectivity index (χ2n) is 4.52. The van der Waals surface area contributed by atoms with Gasteiger partial charge >= 0.3 is 0 Å². The second-order valence-corrected chi connectivity index (χ2v) is 4.52. The monoisotopic (exact) mass is 227 g/mol. The summed E-state index contributed by atoms with van der Waals surface area (Å²) >= 11 is 0. The molecular weight excluding hydrogens is 210 g/mol. The Balaban J connectivity index is 1.84. The van der Waals surface area contributed by atoms with Crippen molar-refractivity contribution >= 4 is 5.69 Å². The van der Waals surface area contributed by atoms with Crippen molar-refractivity contribution in [1.82, 2.24) is 9.78 Å². The van der Waals surface area contributed by atoms with E-state index in [9.17, 15) is 0 Å².